The van der Waals surface area contributed by atoms with Gasteiger partial charge in [0.2, 0.25) is 11.8 Å². The van der Waals surface area contributed by atoms with Gasteiger partial charge in [-0.2, -0.15) is 0 Å². The van der Waals surface area contributed by atoms with Gasteiger partial charge in [0.15, 0.2) is 0 Å². The molecule has 0 saturated carbocycles. The first-order valence-corrected chi connectivity index (χ1v) is 5.66. The fourth-order valence-corrected chi connectivity index (χ4v) is 1.41. The minimum Gasteiger partial charge on any atom is -0.353 e. The smallest absolute Gasteiger partial charge is 0.243 e. The number of hydrogen-bond donors (Lipinski definition) is 2. The summed E-state index contributed by atoms with van der Waals surface area (Å²) in [6.07, 6.45) is 0.327. The van der Waals surface area contributed by atoms with Gasteiger partial charge in [0.25, 0.3) is 0 Å². The van der Waals surface area contributed by atoms with Crippen molar-refractivity contribution in [2.45, 2.75) is 32.7 Å². The zero-order valence-electron chi connectivity index (χ0n) is 10.7. The predicted octanol–water partition coefficient (Wildman–Crippen LogP) is -0.723. The predicted molar refractivity (Wildman–Crippen MR) is 64.2 cm³/mol. The molecule has 0 aromatic carbocycles. The van der Waals surface area contributed by atoms with Crippen LogP contribution in [-0.4, -0.2) is 48.7 Å². The van der Waals surface area contributed by atoms with E-state index in [1.54, 1.807) is 6.92 Å². The van der Waals surface area contributed by atoms with E-state index < -0.39 is 6.04 Å². The maximum Gasteiger partial charge on any atom is 0.243 e. The maximum atomic E-state index is 11.8. The summed E-state index contributed by atoms with van der Waals surface area (Å²) in [6.45, 7) is 3.76. The second-order valence-electron chi connectivity index (χ2n) is 3.86. The van der Waals surface area contributed by atoms with Gasteiger partial charge in [-0.05, 0) is 6.92 Å². The summed E-state index contributed by atoms with van der Waals surface area (Å²) in [7, 11) is 1.53. The minimum atomic E-state index is -0.744. The van der Waals surface area contributed by atoms with E-state index >= 15 is 0 Å². The third-order valence-corrected chi connectivity index (χ3v) is 2.39. The highest BCUT2D eigenvalue weighted by Gasteiger charge is 2.26. The van der Waals surface area contributed by atoms with Crippen LogP contribution in [0.25, 0.3) is 0 Å². The number of carbonyl (C=O) groups excluding carboxylic acids is 3. The molecule has 0 aliphatic heterocycles. The van der Waals surface area contributed by atoms with Crippen LogP contribution in [0, 0.1) is 0 Å². The Morgan fingerprint density at radius 2 is 1.94 bits per heavy atom. The summed E-state index contributed by atoms with van der Waals surface area (Å²) in [4.78, 5) is 35.7. The largest absolute Gasteiger partial charge is 0.353 e. The van der Waals surface area contributed by atoms with Crippen LogP contribution in [0.1, 0.15) is 26.7 Å². The quantitative estimate of drug-likeness (QED) is 0.617. The lowest BCUT2D eigenvalue weighted by molar-refractivity contribution is -0.140. The Hall–Kier alpha value is -1.43. The molecule has 3 N–H and O–H groups in total. The third-order valence-electron chi connectivity index (χ3n) is 2.39. The monoisotopic (exact) mass is 243 g/mol. The topological polar surface area (TPSA) is 92.5 Å². The first-order valence-electron chi connectivity index (χ1n) is 5.66. The van der Waals surface area contributed by atoms with Crippen LogP contribution in [0.3, 0.4) is 0 Å². The Morgan fingerprint density at radius 3 is 2.35 bits per heavy atom. The van der Waals surface area contributed by atoms with E-state index in [2.05, 4.69) is 5.32 Å². The van der Waals surface area contributed by atoms with Gasteiger partial charge in [-0.15, -0.1) is 0 Å². The minimum absolute atomic E-state index is 0.0264. The Labute approximate surface area is 102 Å². The Kier molecular flexibility index (Phi) is 7.13. The highest BCUT2D eigenvalue weighted by molar-refractivity contribution is 5.91. The van der Waals surface area contributed by atoms with Crippen LogP contribution in [-0.2, 0) is 14.4 Å². The molecule has 6 heteroatoms. The molecule has 2 amide bonds. The third kappa shape index (κ3) is 5.44. The number of nitrogens with two attached hydrogens (primary N) is 1. The van der Waals surface area contributed by atoms with Crippen LogP contribution in [0.4, 0.5) is 0 Å². The van der Waals surface area contributed by atoms with E-state index in [0.717, 1.165) is 0 Å². The van der Waals surface area contributed by atoms with Crippen LogP contribution in [0.15, 0.2) is 0 Å². The van der Waals surface area contributed by atoms with E-state index in [9.17, 15) is 14.4 Å². The van der Waals surface area contributed by atoms with Gasteiger partial charge in [-0.1, -0.05) is 6.92 Å². The molecule has 0 aromatic rings. The fourth-order valence-electron chi connectivity index (χ4n) is 1.41. The number of rotatable bonds is 7. The average Bonchev–Trinajstić information content (AvgIpc) is 2.30. The van der Waals surface area contributed by atoms with Crippen LogP contribution in [0.2, 0.25) is 0 Å². The molecule has 98 valence electrons. The second kappa shape index (κ2) is 7.78. The standard InChI is InChI=1S/C11H21N3O3/c1-4-10(16)14(3)9(7-8(2)15)11(17)13-6-5-12/h9H,4-7,12H2,1-3H3,(H,13,17). The molecular formula is C11H21N3O3. The van der Waals surface area contributed by atoms with Crippen LogP contribution in [0.5, 0.6) is 0 Å². The molecule has 0 heterocycles. The Balaban J connectivity index is 4.67. The summed E-state index contributed by atoms with van der Waals surface area (Å²) in [5.41, 5.74) is 5.28. The number of nitrogens with zero attached hydrogens (tertiary/aromatic N) is 1. The summed E-state index contributed by atoms with van der Waals surface area (Å²) < 4.78 is 0. The van der Waals surface area contributed by atoms with E-state index in [1.807, 2.05) is 0 Å². The molecule has 0 aliphatic carbocycles. The molecule has 17 heavy (non-hydrogen) atoms. The zero-order chi connectivity index (χ0) is 13.4. The molecule has 0 rings (SSSR count). The van der Waals surface area contributed by atoms with E-state index in [1.165, 1.54) is 18.9 Å². The number of Topliss-reactive ketones (excluding diaryl/α,β-unsaturated/α-hetero) is 1. The number of hydrogen-bond acceptors (Lipinski definition) is 4. The Bertz CT molecular complexity index is 292. The molecule has 0 fully saturated rings. The van der Waals surface area contributed by atoms with Crippen LogP contribution >= 0.6 is 0 Å². The van der Waals surface area contributed by atoms with Gasteiger partial charge in [0.1, 0.15) is 11.8 Å². The van der Waals surface area contributed by atoms with Crippen molar-refractivity contribution < 1.29 is 14.4 Å². The molecule has 6 nitrogen and oxygen atoms in total. The van der Waals surface area contributed by atoms with Crippen LogP contribution < -0.4 is 11.1 Å². The van der Waals surface area contributed by atoms with Gasteiger partial charge < -0.3 is 16.0 Å². The number of likely N-dealkylation sites (N-methyl/N-ethyl adjacent to an activating group) is 1. The zero-order valence-corrected chi connectivity index (χ0v) is 10.7. The number of ketones is 1. The molecular weight excluding hydrogens is 222 g/mol. The maximum absolute atomic E-state index is 11.8. The van der Waals surface area contributed by atoms with Gasteiger partial charge in [0, 0.05) is 33.0 Å². The van der Waals surface area contributed by atoms with Gasteiger partial charge in [-0.3, -0.25) is 14.4 Å². The first kappa shape index (κ1) is 15.6. The van der Waals surface area contributed by atoms with Crippen molar-refractivity contribution in [2.75, 3.05) is 20.1 Å². The van der Waals surface area contributed by atoms with E-state index in [4.69, 9.17) is 5.73 Å². The average molecular weight is 243 g/mol. The highest BCUT2D eigenvalue weighted by atomic mass is 16.2. The van der Waals surface area contributed by atoms with E-state index in [0.29, 0.717) is 19.5 Å². The number of nitrogens with one attached hydrogen (secondary N) is 1. The SMILES string of the molecule is CCC(=O)N(C)C(CC(C)=O)C(=O)NCCN. The molecule has 0 aromatic heterocycles. The van der Waals surface area contributed by atoms with Crippen molar-refractivity contribution in [1.29, 1.82) is 0 Å². The summed E-state index contributed by atoms with van der Waals surface area (Å²) in [5.74, 6) is -0.636. The normalized spacial score (nSPS) is 11.8. The lowest BCUT2D eigenvalue weighted by atomic mass is 10.1. The Morgan fingerprint density at radius 1 is 1.35 bits per heavy atom. The molecule has 0 aliphatic rings. The lowest BCUT2D eigenvalue weighted by Crippen LogP contribution is -2.49. The van der Waals surface area contributed by atoms with Crippen molar-refractivity contribution in [1.82, 2.24) is 10.2 Å². The summed E-state index contributed by atoms with van der Waals surface area (Å²) in [6, 6.07) is -0.744. The second-order valence-corrected chi connectivity index (χ2v) is 3.86. The van der Waals surface area contributed by atoms with Crippen molar-refractivity contribution in [3.63, 3.8) is 0 Å². The molecule has 1 unspecified atom stereocenters. The summed E-state index contributed by atoms with van der Waals surface area (Å²) in [5, 5.41) is 2.59. The first-order chi connectivity index (χ1) is 7.93. The number of amides is 2. The van der Waals surface area contributed by atoms with Gasteiger partial charge in [-0.25, -0.2) is 0 Å². The molecule has 0 spiro atoms. The van der Waals surface area contributed by atoms with Gasteiger partial charge in [0.05, 0.1) is 0 Å². The lowest BCUT2D eigenvalue weighted by Gasteiger charge is -2.26. The van der Waals surface area contributed by atoms with Crippen molar-refractivity contribution in [2.24, 2.45) is 5.73 Å². The van der Waals surface area contributed by atoms with Crippen molar-refractivity contribution >= 4 is 17.6 Å². The highest BCUT2D eigenvalue weighted by Crippen LogP contribution is 2.05. The molecule has 0 radical (unpaired) electrons. The number of carbonyl (C=O) groups is 3. The van der Waals surface area contributed by atoms with E-state index in [-0.39, 0.29) is 24.0 Å². The van der Waals surface area contributed by atoms with Gasteiger partial charge >= 0.3 is 0 Å². The van der Waals surface area contributed by atoms with Crippen molar-refractivity contribution in [3.05, 3.63) is 0 Å². The fraction of sp³-hybridized carbons (Fsp3) is 0.727. The molecule has 0 bridgehead atoms. The molecule has 0 saturated heterocycles. The van der Waals surface area contributed by atoms with Crippen molar-refractivity contribution in [3.8, 4) is 0 Å². The summed E-state index contributed by atoms with van der Waals surface area (Å²) >= 11 is 0. The molecule has 1 atom stereocenters.